The number of rotatable bonds is 6. The van der Waals surface area contributed by atoms with Crippen LogP contribution in [-0.2, 0) is 11.3 Å². The van der Waals surface area contributed by atoms with Crippen molar-refractivity contribution in [3.63, 3.8) is 0 Å². The second-order valence-corrected chi connectivity index (χ2v) is 6.38. The van der Waals surface area contributed by atoms with Crippen LogP contribution in [0.4, 0.5) is 4.39 Å². The maximum Gasteiger partial charge on any atom is 0.129 e. The van der Waals surface area contributed by atoms with Crippen LogP contribution in [0, 0.1) is 22.6 Å². The number of ether oxygens (including phenoxy) is 1. The molecule has 2 rings (SSSR count). The Bertz CT molecular complexity index is 583. The molecule has 120 valence electrons. The van der Waals surface area contributed by atoms with E-state index < -0.39 is 11.4 Å². The fourth-order valence-corrected chi connectivity index (χ4v) is 3.13. The minimum atomic E-state index is -0.479. The normalized spacial score (nSPS) is 26.3. The van der Waals surface area contributed by atoms with Crippen molar-refractivity contribution in [1.29, 1.82) is 5.26 Å². The Morgan fingerprint density at radius 1 is 1.50 bits per heavy atom. The second kappa shape index (κ2) is 6.33. The van der Waals surface area contributed by atoms with Crippen molar-refractivity contribution in [1.82, 2.24) is 5.32 Å². The highest BCUT2D eigenvalue weighted by atomic mass is 19.1. The van der Waals surface area contributed by atoms with E-state index in [1.54, 1.807) is 12.1 Å². The third-order valence-electron chi connectivity index (χ3n) is 5.01. The molecule has 1 fully saturated rings. The van der Waals surface area contributed by atoms with Gasteiger partial charge in [0.25, 0.3) is 0 Å². The van der Waals surface area contributed by atoms with Gasteiger partial charge in [0.05, 0.1) is 29.9 Å². The monoisotopic (exact) mass is 306 g/mol. The zero-order chi connectivity index (χ0) is 16.4. The summed E-state index contributed by atoms with van der Waals surface area (Å²) < 4.78 is 19.6. The Morgan fingerprint density at radius 2 is 2.23 bits per heavy atom. The highest BCUT2D eigenvalue weighted by molar-refractivity contribution is 5.33. The molecular weight excluding hydrogens is 283 g/mol. The molecule has 0 heterocycles. The number of hydrogen-bond donors (Lipinski definition) is 2. The Hall–Kier alpha value is -1.48. The summed E-state index contributed by atoms with van der Waals surface area (Å²) in [5.74, 6) is -0.405. The van der Waals surface area contributed by atoms with Crippen molar-refractivity contribution in [3.8, 4) is 6.07 Å². The number of nitriles is 1. The number of hydrogen-bond acceptors (Lipinski definition) is 4. The summed E-state index contributed by atoms with van der Waals surface area (Å²) in [6.07, 6.45) is 0.783. The van der Waals surface area contributed by atoms with E-state index in [-0.39, 0.29) is 18.1 Å². The first-order valence-corrected chi connectivity index (χ1v) is 7.56. The van der Waals surface area contributed by atoms with Gasteiger partial charge in [-0.3, -0.25) is 0 Å². The number of nitrogens with zero attached hydrogens (tertiary/aromatic N) is 1. The minimum absolute atomic E-state index is 0.0263. The molecule has 0 spiro atoms. The fourth-order valence-electron chi connectivity index (χ4n) is 3.13. The lowest BCUT2D eigenvalue weighted by Crippen LogP contribution is -2.73. The van der Waals surface area contributed by atoms with E-state index in [0.717, 1.165) is 0 Å². The van der Waals surface area contributed by atoms with Crippen molar-refractivity contribution >= 4 is 0 Å². The van der Waals surface area contributed by atoms with E-state index in [1.807, 2.05) is 13.0 Å². The summed E-state index contributed by atoms with van der Waals surface area (Å²) in [4.78, 5) is 0. The van der Waals surface area contributed by atoms with Gasteiger partial charge in [-0.15, -0.1) is 0 Å². The summed E-state index contributed by atoms with van der Waals surface area (Å²) in [6, 6.07) is 6.36. The molecule has 1 aromatic rings. The van der Waals surface area contributed by atoms with Crippen LogP contribution >= 0.6 is 0 Å². The molecule has 2 atom stereocenters. The van der Waals surface area contributed by atoms with Gasteiger partial charge in [0.1, 0.15) is 5.82 Å². The standard InChI is InChI=1S/C17H23FN2O2/c1-4-22-15-8-17(11-21,16(15,2)3)20-10-13-6-5-12(9-19)7-14(13)18/h5-7,15,20-21H,4,8,10-11H2,1-3H3/t15-,17-/m1/s1. The summed E-state index contributed by atoms with van der Waals surface area (Å²) in [7, 11) is 0. The number of halogens is 1. The van der Waals surface area contributed by atoms with Crippen LogP contribution in [0.25, 0.3) is 0 Å². The van der Waals surface area contributed by atoms with Gasteiger partial charge in [0.2, 0.25) is 0 Å². The molecule has 1 saturated carbocycles. The first kappa shape index (κ1) is 16.9. The average molecular weight is 306 g/mol. The lowest BCUT2D eigenvalue weighted by molar-refractivity contribution is -0.177. The average Bonchev–Trinajstić information content (AvgIpc) is 2.51. The van der Waals surface area contributed by atoms with Crippen molar-refractivity contribution < 1.29 is 14.2 Å². The van der Waals surface area contributed by atoms with Gasteiger partial charge >= 0.3 is 0 Å². The number of aliphatic hydroxyl groups is 1. The molecule has 22 heavy (non-hydrogen) atoms. The smallest absolute Gasteiger partial charge is 0.129 e. The maximum absolute atomic E-state index is 13.9. The molecule has 0 aliphatic heterocycles. The summed E-state index contributed by atoms with van der Waals surface area (Å²) in [6.45, 7) is 6.97. The summed E-state index contributed by atoms with van der Waals surface area (Å²) in [5, 5.41) is 21.9. The zero-order valence-electron chi connectivity index (χ0n) is 13.3. The first-order chi connectivity index (χ1) is 10.4. The van der Waals surface area contributed by atoms with Crippen LogP contribution in [-0.4, -0.2) is 30.0 Å². The lowest BCUT2D eigenvalue weighted by atomic mass is 9.54. The molecule has 1 aliphatic rings. The molecule has 4 nitrogen and oxygen atoms in total. The molecule has 0 radical (unpaired) electrons. The van der Waals surface area contributed by atoms with E-state index in [2.05, 4.69) is 19.2 Å². The third kappa shape index (κ3) is 2.74. The molecule has 0 amide bonds. The van der Waals surface area contributed by atoms with Crippen molar-refractivity contribution in [3.05, 3.63) is 35.1 Å². The van der Waals surface area contributed by atoms with E-state index >= 15 is 0 Å². The van der Waals surface area contributed by atoms with Gasteiger partial charge in [-0.1, -0.05) is 19.9 Å². The van der Waals surface area contributed by atoms with Gasteiger partial charge in [-0.2, -0.15) is 5.26 Å². The highest BCUT2D eigenvalue weighted by Crippen LogP contribution is 2.51. The minimum Gasteiger partial charge on any atom is -0.394 e. The van der Waals surface area contributed by atoms with Crippen molar-refractivity contribution in [2.45, 2.75) is 45.4 Å². The Balaban J connectivity index is 2.08. The van der Waals surface area contributed by atoms with Crippen molar-refractivity contribution in [2.24, 2.45) is 5.41 Å². The molecule has 5 heteroatoms. The van der Waals surface area contributed by atoms with Crippen LogP contribution < -0.4 is 5.32 Å². The van der Waals surface area contributed by atoms with Gasteiger partial charge in [-0.05, 0) is 25.5 Å². The zero-order valence-corrected chi connectivity index (χ0v) is 13.3. The number of aliphatic hydroxyl groups excluding tert-OH is 1. The fraction of sp³-hybridized carbons (Fsp3) is 0.588. The second-order valence-electron chi connectivity index (χ2n) is 6.38. The molecule has 0 aromatic heterocycles. The molecule has 1 aliphatic carbocycles. The Morgan fingerprint density at radius 3 is 2.73 bits per heavy atom. The van der Waals surface area contributed by atoms with Gasteiger partial charge in [0, 0.05) is 24.1 Å². The topological polar surface area (TPSA) is 65.3 Å². The van der Waals surface area contributed by atoms with Crippen LogP contribution in [0.1, 0.15) is 38.3 Å². The molecule has 1 aromatic carbocycles. The molecular formula is C17H23FN2O2. The number of benzene rings is 1. The van der Waals surface area contributed by atoms with Gasteiger partial charge < -0.3 is 15.2 Å². The van der Waals surface area contributed by atoms with Gasteiger partial charge in [0.15, 0.2) is 0 Å². The SMILES string of the molecule is CCO[C@@H]1C[C@](CO)(NCc2ccc(C#N)cc2F)C1(C)C. The summed E-state index contributed by atoms with van der Waals surface area (Å²) >= 11 is 0. The first-order valence-electron chi connectivity index (χ1n) is 7.56. The number of nitrogens with one attached hydrogen (secondary N) is 1. The van der Waals surface area contributed by atoms with E-state index in [9.17, 15) is 9.50 Å². The van der Waals surface area contributed by atoms with Crippen molar-refractivity contribution in [2.75, 3.05) is 13.2 Å². The van der Waals surface area contributed by atoms with Crippen LogP contribution in [0.15, 0.2) is 18.2 Å². The van der Waals surface area contributed by atoms with E-state index in [4.69, 9.17) is 10.00 Å². The molecule has 2 N–H and O–H groups in total. The predicted octanol–water partition coefficient (Wildman–Crippen LogP) is 2.35. The van der Waals surface area contributed by atoms with E-state index in [1.165, 1.54) is 6.07 Å². The maximum atomic E-state index is 13.9. The molecule has 0 saturated heterocycles. The quantitative estimate of drug-likeness (QED) is 0.847. The Kier molecular flexibility index (Phi) is 4.86. The molecule has 0 bridgehead atoms. The van der Waals surface area contributed by atoms with Crippen LogP contribution in [0.5, 0.6) is 0 Å². The summed E-state index contributed by atoms with van der Waals surface area (Å²) in [5.41, 5.74) is 0.0783. The third-order valence-corrected chi connectivity index (χ3v) is 5.01. The van der Waals surface area contributed by atoms with E-state index in [0.29, 0.717) is 30.7 Å². The highest BCUT2D eigenvalue weighted by Gasteiger charge is 2.60. The van der Waals surface area contributed by atoms with Gasteiger partial charge in [-0.25, -0.2) is 4.39 Å². The van der Waals surface area contributed by atoms with Crippen LogP contribution in [0.3, 0.4) is 0 Å². The molecule has 0 unspecified atom stereocenters. The van der Waals surface area contributed by atoms with Crippen LogP contribution in [0.2, 0.25) is 0 Å². The Labute approximate surface area is 130 Å². The predicted molar refractivity (Wildman–Crippen MR) is 81.6 cm³/mol. The largest absolute Gasteiger partial charge is 0.394 e. The lowest BCUT2D eigenvalue weighted by Gasteiger charge is -2.60.